The van der Waals surface area contributed by atoms with Crippen molar-refractivity contribution in [1.29, 1.82) is 0 Å². The van der Waals surface area contributed by atoms with Gasteiger partial charge in [-0.05, 0) is 6.26 Å². The molecular weight excluding hydrogens is 224 g/mol. The third-order valence-electron chi connectivity index (χ3n) is 1.37. The van der Waals surface area contributed by atoms with Crippen molar-refractivity contribution >= 4 is 35.1 Å². The Morgan fingerprint density at radius 1 is 1.46 bits per heavy atom. The quantitative estimate of drug-likeness (QED) is 0.455. The highest BCUT2D eigenvalue weighted by Gasteiger charge is 2.04. The van der Waals surface area contributed by atoms with Crippen molar-refractivity contribution in [3.8, 4) is 0 Å². The van der Waals surface area contributed by atoms with Crippen molar-refractivity contribution in [2.45, 2.75) is 22.2 Å². The summed E-state index contributed by atoms with van der Waals surface area (Å²) in [6.07, 6.45) is 3.59. The average molecular weight is 235 g/mol. The minimum atomic E-state index is 0.395. The van der Waals surface area contributed by atoms with Crippen molar-refractivity contribution in [1.82, 2.24) is 9.97 Å². The Morgan fingerprint density at radius 3 is 2.77 bits per heavy atom. The summed E-state index contributed by atoms with van der Waals surface area (Å²) in [5, 5.41) is 2.39. The molecule has 0 bridgehead atoms. The van der Waals surface area contributed by atoms with Gasteiger partial charge < -0.3 is 0 Å². The minimum absolute atomic E-state index is 0.395. The first kappa shape index (κ1) is 11.1. The van der Waals surface area contributed by atoms with Crippen LogP contribution < -0.4 is 0 Å². The molecule has 0 aromatic carbocycles. The zero-order valence-corrected chi connectivity index (χ0v) is 9.92. The largest absolute Gasteiger partial charge is 0.230 e. The van der Waals surface area contributed by atoms with Gasteiger partial charge in [-0.2, -0.15) is 0 Å². The number of hydrogen-bond acceptors (Lipinski definition) is 4. The Hall–Kier alpha value is 0.0700. The van der Waals surface area contributed by atoms with Crippen molar-refractivity contribution in [2.75, 3.05) is 12.1 Å². The second-order valence-electron chi connectivity index (χ2n) is 2.48. The maximum atomic E-state index is 5.71. The highest BCUT2D eigenvalue weighted by molar-refractivity contribution is 8.00. The molecule has 0 spiro atoms. The molecule has 1 atom stereocenters. The fourth-order valence-corrected chi connectivity index (χ4v) is 2.15. The van der Waals surface area contributed by atoms with Crippen LogP contribution >= 0.6 is 35.1 Å². The molecule has 0 aliphatic carbocycles. The molecule has 0 saturated heterocycles. The number of nitrogens with zero attached hydrogens (tertiary/aromatic N) is 2. The second kappa shape index (κ2) is 5.73. The van der Waals surface area contributed by atoms with Crippen LogP contribution in [0.1, 0.15) is 6.92 Å². The first-order valence-electron chi connectivity index (χ1n) is 3.85. The smallest absolute Gasteiger partial charge is 0.117 e. The number of rotatable bonds is 4. The van der Waals surface area contributed by atoms with Gasteiger partial charge in [0.2, 0.25) is 0 Å². The lowest BCUT2D eigenvalue weighted by Crippen LogP contribution is -1.97. The van der Waals surface area contributed by atoms with Crippen LogP contribution in [-0.2, 0) is 0 Å². The van der Waals surface area contributed by atoms with E-state index in [0.717, 1.165) is 10.1 Å². The van der Waals surface area contributed by atoms with Gasteiger partial charge in [0.05, 0.1) is 0 Å². The molecule has 1 rings (SSSR count). The molecule has 1 unspecified atom stereocenters. The molecule has 13 heavy (non-hydrogen) atoms. The van der Waals surface area contributed by atoms with E-state index in [9.17, 15) is 0 Å². The van der Waals surface area contributed by atoms with Gasteiger partial charge in [0.25, 0.3) is 0 Å². The lowest BCUT2D eigenvalue weighted by molar-refractivity contribution is 0.958. The highest BCUT2D eigenvalue weighted by Crippen LogP contribution is 2.23. The minimum Gasteiger partial charge on any atom is -0.230 e. The number of halogens is 1. The average Bonchev–Trinajstić information content (AvgIpc) is 2.18. The van der Waals surface area contributed by atoms with Crippen molar-refractivity contribution in [3.63, 3.8) is 0 Å². The summed E-state index contributed by atoms with van der Waals surface area (Å²) in [5.41, 5.74) is 0. The summed E-state index contributed by atoms with van der Waals surface area (Å²) in [6, 6.07) is 1.98. The molecule has 2 nitrogen and oxygen atoms in total. The second-order valence-corrected chi connectivity index (χ2v) is 5.08. The maximum Gasteiger partial charge on any atom is 0.117 e. The van der Waals surface area contributed by atoms with Crippen LogP contribution in [0.15, 0.2) is 22.4 Å². The van der Waals surface area contributed by atoms with Gasteiger partial charge in [0, 0.05) is 17.2 Å². The van der Waals surface area contributed by atoms with E-state index in [1.165, 1.54) is 0 Å². The van der Waals surface area contributed by atoms with Crippen molar-refractivity contribution < 1.29 is 0 Å². The third kappa shape index (κ3) is 3.75. The van der Waals surface area contributed by atoms with Crippen LogP contribution in [0.2, 0.25) is 0 Å². The Kier molecular flexibility index (Phi) is 4.91. The number of alkyl halides is 1. The molecule has 0 aliphatic heterocycles. The predicted molar refractivity (Wildman–Crippen MR) is 59.9 cm³/mol. The molecule has 1 aromatic heterocycles. The normalized spacial score (nSPS) is 12.8. The van der Waals surface area contributed by atoms with Crippen LogP contribution in [0.3, 0.4) is 0 Å². The van der Waals surface area contributed by atoms with Crippen LogP contribution in [-0.4, -0.2) is 27.4 Å². The van der Waals surface area contributed by atoms with Crippen molar-refractivity contribution in [3.05, 3.63) is 12.4 Å². The fourth-order valence-electron chi connectivity index (χ4n) is 0.737. The van der Waals surface area contributed by atoms with Gasteiger partial charge in [-0.15, -0.1) is 35.1 Å². The summed E-state index contributed by atoms with van der Waals surface area (Å²) in [6.45, 7) is 2.08. The maximum absolute atomic E-state index is 5.71. The molecular formula is C8H11ClN2S2. The molecule has 0 fully saturated rings. The van der Waals surface area contributed by atoms with Gasteiger partial charge >= 0.3 is 0 Å². The Balaban J connectivity index is 2.66. The van der Waals surface area contributed by atoms with E-state index < -0.39 is 0 Å². The summed E-state index contributed by atoms with van der Waals surface area (Å²) >= 11 is 9.00. The summed E-state index contributed by atoms with van der Waals surface area (Å²) in [5.74, 6) is 0.642. The van der Waals surface area contributed by atoms with E-state index in [2.05, 4.69) is 16.9 Å². The van der Waals surface area contributed by atoms with Gasteiger partial charge in [-0.1, -0.05) is 6.92 Å². The number of hydrogen-bond donors (Lipinski definition) is 0. The van der Waals surface area contributed by atoms with Crippen LogP contribution in [0.25, 0.3) is 0 Å². The van der Waals surface area contributed by atoms with Crippen LogP contribution in [0, 0.1) is 0 Å². The van der Waals surface area contributed by atoms with E-state index in [0.29, 0.717) is 11.1 Å². The van der Waals surface area contributed by atoms with E-state index in [1.54, 1.807) is 29.9 Å². The standard InChI is InChI=1S/C8H11ClN2S2/c1-6(4-9)13-8-3-7(12-2)10-5-11-8/h3,5-6H,4H2,1-2H3. The first-order valence-corrected chi connectivity index (χ1v) is 6.48. The van der Waals surface area contributed by atoms with Gasteiger partial charge in [-0.3, -0.25) is 0 Å². The predicted octanol–water partition coefficient (Wildman–Crippen LogP) is 2.92. The number of aromatic nitrogens is 2. The molecule has 72 valence electrons. The molecule has 1 aromatic rings. The SMILES string of the molecule is CSc1cc(SC(C)CCl)ncn1. The zero-order chi connectivity index (χ0) is 9.68. The van der Waals surface area contributed by atoms with Gasteiger partial charge in [0.1, 0.15) is 16.4 Å². The Labute approximate surface area is 91.9 Å². The van der Waals surface area contributed by atoms with Crippen LogP contribution in [0.4, 0.5) is 0 Å². The Bertz CT molecular complexity index is 270. The highest BCUT2D eigenvalue weighted by atomic mass is 35.5. The van der Waals surface area contributed by atoms with E-state index in [1.807, 2.05) is 12.3 Å². The van der Waals surface area contributed by atoms with Crippen molar-refractivity contribution in [2.24, 2.45) is 0 Å². The zero-order valence-electron chi connectivity index (χ0n) is 7.53. The monoisotopic (exact) mass is 234 g/mol. The molecule has 0 saturated carbocycles. The first-order chi connectivity index (χ1) is 6.26. The molecule has 5 heteroatoms. The molecule has 0 amide bonds. The Morgan fingerprint density at radius 2 is 2.15 bits per heavy atom. The number of thioether (sulfide) groups is 2. The van der Waals surface area contributed by atoms with Gasteiger partial charge in [0.15, 0.2) is 0 Å². The topological polar surface area (TPSA) is 25.8 Å². The van der Waals surface area contributed by atoms with Gasteiger partial charge in [-0.25, -0.2) is 9.97 Å². The fraction of sp³-hybridized carbons (Fsp3) is 0.500. The third-order valence-corrected chi connectivity index (χ3v) is 3.69. The van der Waals surface area contributed by atoms with Crippen LogP contribution in [0.5, 0.6) is 0 Å². The summed E-state index contributed by atoms with van der Waals surface area (Å²) in [7, 11) is 0. The molecule has 0 aliphatic rings. The lowest BCUT2D eigenvalue weighted by Gasteiger charge is -2.05. The van der Waals surface area contributed by atoms with E-state index in [4.69, 9.17) is 11.6 Å². The summed E-state index contributed by atoms with van der Waals surface area (Å²) in [4.78, 5) is 8.25. The van der Waals surface area contributed by atoms with E-state index in [-0.39, 0.29) is 0 Å². The molecule has 0 N–H and O–H groups in total. The lowest BCUT2D eigenvalue weighted by atomic mass is 10.6. The summed E-state index contributed by atoms with van der Waals surface area (Å²) < 4.78 is 0. The molecule has 0 radical (unpaired) electrons. The molecule has 1 heterocycles. The van der Waals surface area contributed by atoms with E-state index >= 15 is 0 Å².